The third kappa shape index (κ3) is 3.76. The number of pyridine rings is 1. The predicted molar refractivity (Wildman–Crippen MR) is 104 cm³/mol. The van der Waals surface area contributed by atoms with E-state index in [-0.39, 0.29) is 0 Å². The number of ether oxygens (including phenoxy) is 2. The van der Waals surface area contributed by atoms with Crippen molar-refractivity contribution in [2.75, 3.05) is 33.4 Å². The second-order valence-electron chi connectivity index (χ2n) is 7.33. The van der Waals surface area contributed by atoms with E-state index in [1.165, 1.54) is 37.9 Å². The lowest BCUT2D eigenvalue weighted by molar-refractivity contribution is 0.0238. The van der Waals surface area contributed by atoms with Crippen molar-refractivity contribution < 1.29 is 9.47 Å². The van der Waals surface area contributed by atoms with Gasteiger partial charge in [-0.25, -0.2) is 0 Å². The molecule has 2 aliphatic heterocycles. The molecule has 1 aromatic heterocycles. The van der Waals surface area contributed by atoms with Crippen molar-refractivity contribution in [3.05, 3.63) is 48.2 Å². The van der Waals surface area contributed by atoms with Gasteiger partial charge in [0.25, 0.3) is 0 Å². The van der Waals surface area contributed by atoms with Gasteiger partial charge in [0.1, 0.15) is 5.75 Å². The van der Waals surface area contributed by atoms with Crippen LogP contribution in [0.25, 0.3) is 11.3 Å². The molecule has 0 amide bonds. The number of nitrogens with zero attached hydrogens (tertiary/aromatic N) is 2. The summed E-state index contributed by atoms with van der Waals surface area (Å²) >= 11 is 0. The van der Waals surface area contributed by atoms with E-state index in [9.17, 15) is 0 Å². The zero-order valence-electron chi connectivity index (χ0n) is 15.6. The molecule has 1 aromatic carbocycles. The summed E-state index contributed by atoms with van der Waals surface area (Å²) in [4.78, 5) is 7.70. The second-order valence-corrected chi connectivity index (χ2v) is 7.33. The van der Waals surface area contributed by atoms with Crippen LogP contribution in [-0.2, 0) is 4.74 Å². The first-order valence-electron chi connectivity index (χ1n) is 9.77. The Labute approximate surface area is 156 Å². The molecule has 2 saturated heterocycles. The zero-order chi connectivity index (χ0) is 17.8. The fourth-order valence-corrected chi connectivity index (χ4v) is 4.31. The van der Waals surface area contributed by atoms with Gasteiger partial charge in [-0.3, -0.25) is 9.88 Å². The molecule has 4 heteroatoms. The van der Waals surface area contributed by atoms with Crippen LogP contribution in [0.1, 0.15) is 37.3 Å². The van der Waals surface area contributed by atoms with Gasteiger partial charge < -0.3 is 9.47 Å². The number of para-hydroxylation sites is 1. The van der Waals surface area contributed by atoms with Crippen molar-refractivity contribution in [3.8, 4) is 17.0 Å². The summed E-state index contributed by atoms with van der Waals surface area (Å²) in [7, 11) is 1.72. The van der Waals surface area contributed by atoms with E-state index in [2.05, 4.69) is 29.2 Å². The topological polar surface area (TPSA) is 34.6 Å². The van der Waals surface area contributed by atoms with Crippen molar-refractivity contribution in [1.29, 1.82) is 0 Å². The monoisotopic (exact) mass is 352 g/mol. The summed E-state index contributed by atoms with van der Waals surface area (Å²) < 4.78 is 11.1. The van der Waals surface area contributed by atoms with Gasteiger partial charge in [-0.1, -0.05) is 18.2 Å². The van der Waals surface area contributed by atoms with Gasteiger partial charge in [-0.15, -0.1) is 0 Å². The molecule has 4 rings (SSSR count). The molecule has 26 heavy (non-hydrogen) atoms. The lowest BCUT2D eigenvalue weighted by atomic mass is 9.91. The van der Waals surface area contributed by atoms with Crippen LogP contribution in [0.15, 0.2) is 42.5 Å². The molecule has 2 aliphatic rings. The average molecular weight is 352 g/mol. The van der Waals surface area contributed by atoms with E-state index in [1.54, 1.807) is 7.11 Å². The fraction of sp³-hybridized carbons (Fsp3) is 0.500. The SMILES string of the molecule is COc1ccccc1-c1cccc([C@@H]2CCCN(C3CCOCC3)C2)n1. The Hall–Kier alpha value is -1.91. The molecule has 0 unspecified atom stereocenters. The van der Waals surface area contributed by atoms with Crippen molar-refractivity contribution in [2.24, 2.45) is 0 Å². The Morgan fingerprint density at radius 2 is 1.88 bits per heavy atom. The number of likely N-dealkylation sites (tertiary alicyclic amines) is 1. The Kier molecular flexibility index (Phi) is 5.51. The predicted octanol–water partition coefficient (Wildman–Crippen LogP) is 4.12. The van der Waals surface area contributed by atoms with E-state index >= 15 is 0 Å². The van der Waals surface area contributed by atoms with Crippen LogP contribution in [0.4, 0.5) is 0 Å². The van der Waals surface area contributed by atoms with E-state index < -0.39 is 0 Å². The Balaban J connectivity index is 1.54. The maximum atomic E-state index is 5.54. The molecule has 1 atom stereocenters. The number of piperidine rings is 1. The first kappa shape index (κ1) is 17.5. The van der Waals surface area contributed by atoms with Crippen LogP contribution in [-0.4, -0.2) is 49.3 Å². The van der Waals surface area contributed by atoms with Gasteiger partial charge in [0.15, 0.2) is 0 Å². The smallest absolute Gasteiger partial charge is 0.128 e. The molecule has 2 aromatic rings. The quantitative estimate of drug-likeness (QED) is 0.829. The number of benzene rings is 1. The van der Waals surface area contributed by atoms with E-state index in [0.717, 1.165) is 36.8 Å². The summed E-state index contributed by atoms with van der Waals surface area (Å²) in [5, 5.41) is 0. The maximum Gasteiger partial charge on any atom is 0.128 e. The molecule has 4 nitrogen and oxygen atoms in total. The molecule has 0 radical (unpaired) electrons. The van der Waals surface area contributed by atoms with E-state index in [4.69, 9.17) is 14.5 Å². The average Bonchev–Trinajstić information content (AvgIpc) is 2.74. The van der Waals surface area contributed by atoms with Crippen LogP contribution in [0.5, 0.6) is 5.75 Å². The Morgan fingerprint density at radius 3 is 2.73 bits per heavy atom. The highest BCUT2D eigenvalue weighted by molar-refractivity contribution is 5.67. The number of hydrogen-bond donors (Lipinski definition) is 0. The second kappa shape index (κ2) is 8.19. The molecule has 0 bridgehead atoms. The minimum absolute atomic E-state index is 0.515. The summed E-state index contributed by atoms with van der Waals surface area (Å²) in [6, 6.07) is 15.2. The van der Waals surface area contributed by atoms with E-state index in [1.807, 2.05) is 18.2 Å². The number of rotatable bonds is 4. The molecule has 138 valence electrons. The summed E-state index contributed by atoms with van der Waals surface area (Å²) in [5.74, 6) is 1.39. The molecular weight excluding hydrogens is 324 g/mol. The van der Waals surface area contributed by atoms with Crippen LogP contribution in [0.2, 0.25) is 0 Å². The van der Waals surface area contributed by atoms with Crippen molar-refractivity contribution >= 4 is 0 Å². The first-order valence-corrected chi connectivity index (χ1v) is 9.77. The molecule has 0 aliphatic carbocycles. The van der Waals surface area contributed by atoms with Gasteiger partial charge >= 0.3 is 0 Å². The normalized spacial score (nSPS) is 22.3. The third-order valence-corrected chi connectivity index (χ3v) is 5.73. The number of hydrogen-bond acceptors (Lipinski definition) is 4. The van der Waals surface area contributed by atoms with Crippen LogP contribution in [0, 0.1) is 0 Å². The van der Waals surface area contributed by atoms with Crippen molar-refractivity contribution in [1.82, 2.24) is 9.88 Å². The molecule has 0 N–H and O–H groups in total. The highest BCUT2D eigenvalue weighted by atomic mass is 16.5. The molecule has 3 heterocycles. The lowest BCUT2D eigenvalue weighted by Gasteiger charge is -2.39. The van der Waals surface area contributed by atoms with Gasteiger partial charge in [0.05, 0.1) is 12.8 Å². The molecule has 0 spiro atoms. The minimum atomic E-state index is 0.515. The van der Waals surface area contributed by atoms with Crippen LogP contribution in [0.3, 0.4) is 0 Å². The third-order valence-electron chi connectivity index (χ3n) is 5.73. The zero-order valence-corrected chi connectivity index (χ0v) is 15.6. The fourth-order valence-electron chi connectivity index (χ4n) is 4.31. The largest absolute Gasteiger partial charge is 0.496 e. The maximum absolute atomic E-state index is 5.54. The lowest BCUT2D eigenvalue weighted by Crippen LogP contribution is -2.44. The Bertz CT molecular complexity index is 728. The summed E-state index contributed by atoms with van der Waals surface area (Å²) in [5.41, 5.74) is 3.28. The van der Waals surface area contributed by atoms with E-state index in [0.29, 0.717) is 12.0 Å². The van der Waals surface area contributed by atoms with Crippen LogP contribution >= 0.6 is 0 Å². The number of aromatic nitrogens is 1. The molecule has 0 saturated carbocycles. The molecular formula is C22H28N2O2. The number of methoxy groups -OCH3 is 1. The first-order chi connectivity index (χ1) is 12.8. The summed E-state index contributed by atoms with van der Waals surface area (Å²) in [6.45, 7) is 4.15. The summed E-state index contributed by atoms with van der Waals surface area (Å²) in [6.07, 6.45) is 4.81. The highest BCUT2D eigenvalue weighted by Gasteiger charge is 2.28. The molecule has 2 fully saturated rings. The minimum Gasteiger partial charge on any atom is -0.496 e. The van der Waals surface area contributed by atoms with Gasteiger partial charge in [-0.05, 0) is 56.5 Å². The van der Waals surface area contributed by atoms with Gasteiger partial charge in [-0.2, -0.15) is 0 Å². The van der Waals surface area contributed by atoms with Crippen LogP contribution < -0.4 is 4.74 Å². The van der Waals surface area contributed by atoms with Gasteiger partial charge in [0.2, 0.25) is 0 Å². The highest BCUT2D eigenvalue weighted by Crippen LogP contribution is 2.32. The van der Waals surface area contributed by atoms with Crippen molar-refractivity contribution in [3.63, 3.8) is 0 Å². The van der Waals surface area contributed by atoms with Gasteiger partial charge in [0, 0.05) is 43.0 Å². The standard InChI is InChI=1S/C22H28N2O2/c1-25-22-10-3-2-7-19(22)21-9-4-8-20(23-21)17-6-5-13-24(16-17)18-11-14-26-15-12-18/h2-4,7-10,17-18H,5-6,11-16H2,1H3/t17-/m1/s1. The van der Waals surface area contributed by atoms with Crippen molar-refractivity contribution in [2.45, 2.75) is 37.6 Å². The Morgan fingerprint density at radius 1 is 1.04 bits per heavy atom.